The lowest BCUT2D eigenvalue weighted by molar-refractivity contribution is -0.140. The zero-order valence-electron chi connectivity index (χ0n) is 18.3. The van der Waals surface area contributed by atoms with E-state index < -0.39 is 12.0 Å². The van der Waals surface area contributed by atoms with Crippen LogP contribution in [-0.4, -0.2) is 32.6 Å². The van der Waals surface area contributed by atoms with E-state index in [-0.39, 0.29) is 0 Å². The van der Waals surface area contributed by atoms with E-state index in [1.165, 1.54) is 0 Å². The number of carbonyl (C=O) groups is 1. The lowest BCUT2D eigenvalue weighted by atomic mass is 10.0. The fraction of sp³-hybridized carbons (Fsp3) is 0.231. The van der Waals surface area contributed by atoms with Gasteiger partial charge in [0.05, 0.1) is 5.69 Å². The fourth-order valence-corrected chi connectivity index (χ4v) is 3.78. The van der Waals surface area contributed by atoms with Crippen LogP contribution in [0.3, 0.4) is 0 Å². The number of nitrogens with zero attached hydrogens (tertiary/aromatic N) is 3. The van der Waals surface area contributed by atoms with E-state index in [1.54, 1.807) is 17.0 Å². The van der Waals surface area contributed by atoms with Crippen LogP contribution in [0.4, 0.5) is 0 Å². The van der Waals surface area contributed by atoms with Crippen LogP contribution >= 0.6 is 0 Å². The van der Waals surface area contributed by atoms with E-state index in [1.807, 2.05) is 61.5 Å². The summed E-state index contributed by atoms with van der Waals surface area (Å²) >= 11 is 0. The number of hydrogen-bond acceptors (Lipinski definition) is 4. The molecule has 2 heterocycles. The highest BCUT2D eigenvalue weighted by Crippen LogP contribution is 2.23. The zero-order valence-corrected chi connectivity index (χ0v) is 18.3. The van der Waals surface area contributed by atoms with Crippen molar-refractivity contribution in [3.05, 3.63) is 102 Å². The van der Waals surface area contributed by atoms with E-state index >= 15 is 0 Å². The molecule has 1 atom stereocenters. The molecule has 6 nitrogen and oxygen atoms in total. The molecule has 2 aromatic heterocycles. The van der Waals surface area contributed by atoms with Crippen molar-refractivity contribution in [3.63, 3.8) is 0 Å². The fourth-order valence-electron chi connectivity index (χ4n) is 3.78. The van der Waals surface area contributed by atoms with E-state index in [2.05, 4.69) is 29.1 Å². The average Bonchev–Trinajstić information content (AvgIpc) is 3.44. The number of rotatable bonds is 9. The Kier molecular flexibility index (Phi) is 6.52. The summed E-state index contributed by atoms with van der Waals surface area (Å²) in [4.78, 5) is 18.5. The van der Waals surface area contributed by atoms with Gasteiger partial charge in [-0.25, -0.2) is 9.78 Å². The second-order valence-corrected chi connectivity index (χ2v) is 8.07. The molecule has 0 unspecified atom stereocenters. The van der Waals surface area contributed by atoms with Crippen molar-refractivity contribution in [2.45, 2.75) is 32.5 Å². The highest BCUT2D eigenvalue weighted by Gasteiger charge is 2.19. The molecule has 0 saturated heterocycles. The van der Waals surface area contributed by atoms with Crippen molar-refractivity contribution in [3.8, 4) is 11.5 Å². The van der Waals surface area contributed by atoms with E-state index in [0.29, 0.717) is 18.9 Å². The van der Waals surface area contributed by atoms with Gasteiger partial charge in [0.2, 0.25) is 5.89 Å². The summed E-state index contributed by atoms with van der Waals surface area (Å²) in [6, 6.07) is 21.1. The smallest absolute Gasteiger partial charge is 0.327 e. The minimum absolute atomic E-state index is 0.445. The number of carboxylic acids is 1. The van der Waals surface area contributed by atoms with Gasteiger partial charge >= 0.3 is 5.97 Å². The predicted molar refractivity (Wildman–Crippen MR) is 123 cm³/mol. The second-order valence-electron chi connectivity index (χ2n) is 8.07. The molecule has 0 bridgehead atoms. The Labute approximate surface area is 187 Å². The number of aliphatic carboxylic acids is 1. The predicted octanol–water partition coefficient (Wildman–Crippen LogP) is 4.95. The standard InChI is InChI=1S/C26H27N3O3/c1-19-23(27-25(32-19)22-8-4-3-5-9-22)18-28(2)17-21-12-10-20(11-13-21)16-24(26(30)31)29-14-6-7-15-29/h3-15,24H,16-18H2,1-2H3,(H,30,31)/t24-/m0/s1. The maximum absolute atomic E-state index is 11.7. The van der Waals surface area contributed by atoms with E-state index in [0.717, 1.165) is 34.7 Å². The highest BCUT2D eigenvalue weighted by atomic mass is 16.4. The Hall–Kier alpha value is -3.64. The second kappa shape index (κ2) is 9.66. The summed E-state index contributed by atoms with van der Waals surface area (Å²) < 4.78 is 7.60. The first-order valence-corrected chi connectivity index (χ1v) is 10.6. The molecule has 0 aliphatic carbocycles. The molecule has 0 amide bonds. The molecule has 1 N–H and O–H groups in total. The lowest BCUT2D eigenvalue weighted by Crippen LogP contribution is -2.20. The Bertz CT molecular complexity index is 1150. The molecule has 0 spiro atoms. The number of benzene rings is 2. The van der Waals surface area contributed by atoms with Gasteiger partial charge in [-0.15, -0.1) is 0 Å². The SMILES string of the molecule is Cc1oc(-c2ccccc2)nc1CN(C)Cc1ccc(C[C@@H](C(=O)O)n2cccc2)cc1. The van der Waals surface area contributed by atoms with Crippen molar-refractivity contribution < 1.29 is 14.3 Å². The first kappa shape index (κ1) is 21.6. The molecule has 0 saturated carbocycles. The largest absolute Gasteiger partial charge is 0.480 e. The Morgan fingerprint density at radius 3 is 2.31 bits per heavy atom. The van der Waals surface area contributed by atoms with Crippen molar-refractivity contribution in [1.29, 1.82) is 0 Å². The van der Waals surface area contributed by atoms with Crippen molar-refractivity contribution in [2.75, 3.05) is 7.05 Å². The summed E-state index contributed by atoms with van der Waals surface area (Å²) in [7, 11) is 2.05. The first-order valence-electron chi connectivity index (χ1n) is 10.6. The van der Waals surface area contributed by atoms with Crippen LogP contribution in [0.25, 0.3) is 11.5 Å². The minimum atomic E-state index is -0.831. The van der Waals surface area contributed by atoms with Gasteiger partial charge in [0, 0.05) is 37.5 Å². The average molecular weight is 430 g/mol. The van der Waals surface area contributed by atoms with Crippen molar-refractivity contribution in [2.24, 2.45) is 0 Å². The van der Waals surface area contributed by atoms with Gasteiger partial charge in [-0.1, -0.05) is 42.5 Å². The van der Waals surface area contributed by atoms with E-state index in [4.69, 9.17) is 4.42 Å². The molecular formula is C26H27N3O3. The molecule has 2 aromatic carbocycles. The lowest BCUT2D eigenvalue weighted by Gasteiger charge is -2.17. The third-order valence-electron chi connectivity index (χ3n) is 5.51. The van der Waals surface area contributed by atoms with E-state index in [9.17, 15) is 9.90 Å². The van der Waals surface area contributed by atoms with Gasteiger partial charge in [-0.3, -0.25) is 4.90 Å². The summed E-state index contributed by atoms with van der Waals surface area (Å²) in [5.74, 6) is 0.644. The molecule has 0 radical (unpaired) electrons. The number of carboxylic acid groups (broad SMARTS) is 1. The summed E-state index contributed by atoms with van der Waals surface area (Å²) in [5, 5.41) is 9.58. The number of aryl methyl sites for hydroxylation is 1. The van der Waals surface area contributed by atoms with Gasteiger partial charge < -0.3 is 14.1 Å². The van der Waals surface area contributed by atoms with Crippen molar-refractivity contribution in [1.82, 2.24) is 14.5 Å². The maximum Gasteiger partial charge on any atom is 0.327 e. The molecule has 4 aromatic rings. The first-order chi connectivity index (χ1) is 15.5. The Balaban J connectivity index is 1.37. The van der Waals surface area contributed by atoms with Gasteiger partial charge in [0.15, 0.2) is 0 Å². The minimum Gasteiger partial charge on any atom is -0.480 e. The van der Waals surface area contributed by atoms with Gasteiger partial charge in [0.25, 0.3) is 0 Å². The monoisotopic (exact) mass is 429 g/mol. The molecule has 0 aliphatic heterocycles. The number of hydrogen-bond donors (Lipinski definition) is 1. The normalized spacial score (nSPS) is 12.2. The molecule has 0 fully saturated rings. The van der Waals surface area contributed by atoms with Crippen LogP contribution in [-0.2, 0) is 24.3 Å². The van der Waals surface area contributed by atoms with Crippen LogP contribution in [0.5, 0.6) is 0 Å². The molecule has 6 heteroatoms. The third-order valence-corrected chi connectivity index (χ3v) is 5.51. The van der Waals surface area contributed by atoms with Gasteiger partial charge in [-0.05, 0) is 49.4 Å². The van der Waals surface area contributed by atoms with Gasteiger partial charge in [0.1, 0.15) is 11.8 Å². The topological polar surface area (TPSA) is 71.5 Å². The summed E-state index contributed by atoms with van der Waals surface area (Å²) in [6.07, 6.45) is 4.02. The highest BCUT2D eigenvalue weighted by molar-refractivity contribution is 5.72. The Morgan fingerprint density at radius 1 is 1.00 bits per heavy atom. The number of oxazole rings is 1. The molecule has 164 valence electrons. The number of aromatic nitrogens is 2. The van der Waals surface area contributed by atoms with Gasteiger partial charge in [-0.2, -0.15) is 0 Å². The molecular weight excluding hydrogens is 402 g/mol. The Morgan fingerprint density at radius 2 is 1.66 bits per heavy atom. The molecule has 0 aliphatic rings. The van der Waals surface area contributed by atoms with Crippen LogP contribution in [0, 0.1) is 6.92 Å². The van der Waals surface area contributed by atoms with Crippen LogP contribution in [0.1, 0.15) is 28.6 Å². The summed E-state index contributed by atoms with van der Waals surface area (Å²) in [5.41, 5.74) is 4.06. The zero-order chi connectivity index (χ0) is 22.5. The maximum atomic E-state index is 11.7. The third kappa shape index (κ3) is 5.15. The molecule has 32 heavy (non-hydrogen) atoms. The summed E-state index contributed by atoms with van der Waals surface area (Å²) in [6.45, 7) is 3.38. The van der Waals surface area contributed by atoms with Crippen molar-refractivity contribution >= 4 is 5.97 Å². The van der Waals surface area contributed by atoms with Crippen LogP contribution < -0.4 is 0 Å². The van der Waals surface area contributed by atoms with Crippen LogP contribution in [0.2, 0.25) is 0 Å². The quantitative estimate of drug-likeness (QED) is 0.408. The molecule has 4 rings (SSSR count). The van der Waals surface area contributed by atoms with Crippen LogP contribution in [0.15, 0.2) is 83.5 Å².